The molecule has 2 atom stereocenters. The molecule has 1 heterocycles. The fourth-order valence-corrected chi connectivity index (χ4v) is 5.05. The third-order valence-corrected chi connectivity index (χ3v) is 6.07. The summed E-state index contributed by atoms with van der Waals surface area (Å²) < 4.78 is 65.3. The molecule has 1 aliphatic rings. The molecular weight excluding hydrogens is 327 g/mol. The normalized spacial score (nSPS) is 24.4. The van der Waals surface area contributed by atoms with E-state index in [-0.39, 0.29) is 18.3 Å². The van der Waals surface area contributed by atoms with Gasteiger partial charge in [0.1, 0.15) is 0 Å². The Morgan fingerprint density at radius 1 is 1.33 bits per heavy atom. The van der Waals surface area contributed by atoms with Gasteiger partial charge in [0.05, 0.1) is 10.5 Å². The van der Waals surface area contributed by atoms with Gasteiger partial charge < -0.3 is 0 Å². The van der Waals surface area contributed by atoms with Crippen molar-refractivity contribution in [3.63, 3.8) is 0 Å². The highest BCUT2D eigenvalue weighted by atomic mass is 35.5. The Balaban J connectivity index is 2.51. The van der Waals surface area contributed by atoms with E-state index in [1.165, 1.54) is 12.1 Å². The number of rotatable bonds is 3. The minimum absolute atomic E-state index is 0.0234. The van der Waals surface area contributed by atoms with E-state index >= 15 is 0 Å². The van der Waals surface area contributed by atoms with E-state index in [9.17, 15) is 21.6 Å². The molecule has 2 unspecified atom stereocenters. The largest absolute Gasteiger partial charge is 0.417 e. The summed E-state index contributed by atoms with van der Waals surface area (Å²) in [6, 6.07) is 3.76. The number of alkyl halides is 4. The lowest BCUT2D eigenvalue weighted by Gasteiger charge is -2.25. The van der Waals surface area contributed by atoms with Crippen LogP contribution in [0.4, 0.5) is 13.2 Å². The third-order valence-electron chi connectivity index (χ3n) is 3.77. The average molecular weight is 342 g/mol. The van der Waals surface area contributed by atoms with Crippen molar-refractivity contribution in [1.82, 2.24) is 4.31 Å². The molecule has 1 saturated heterocycles. The molecule has 0 saturated carbocycles. The van der Waals surface area contributed by atoms with Crippen LogP contribution in [0.5, 0.6) is 0 Å². The summed E-state index contributed by atoms with van der Waals surface area (Å²) in [6.45, 7) is 2.03. The number of benzene rings is 1. The van der Waals surface area contributed by atoms with Crippen molar-refractivity contribution in [2.24, 2.45) is 5.92 Å². The molecule has 0 spiro atoms. The van der Waals surface area contributed by atoms with Gasteiger partial charge in [0.2, 0.25) is 10.0 Å². The first kappa shape index (κ1) is 16.6. The Hall–Kier alpha value is -0.790. The van der Waals surface area contributed by atoms with Gasteiger partial charge in [-0.1, -0.05) is 19.1 Å². The Kier molecular flexibility index (Phi) is 4.56. The zero-order valence-corrected chi connectivity index (χ0v) is 12.8. The second-order valence-electron chi connectivity index (χ2n) is 5.10. The van der Waals surface area contributed by atoms with Crippen LogP contribution < -0.4 is 0 Å². The fourth-order valence-electron chi connectivity index (χ4n) is 2.55. The van der Waals surface area contributed by atoms with Crippen LogP contribution in [0.25, 0.3) is 0 Å². The van der Waals surface area contributed by atoms with Crippen LogP contribution >= 0.6 is 11.6 Å². The maximum atomic E-state index is 13.0. The topological polar surface area (TPSA) is 37.4 Å². The summed E-state index contributed by atoms with van der Waals surface area (Å²) >= 11 is 5.79. The molecule has 0 aromatic heterocycles. The van der Waals surface area contributed by atoms with Crippen LogP contribution in [0.2, 0.25) is 0 Å². The monoisotopic (exact) mass is 341 g/mol. The summed E-state index contributed by atoms with van der Waals surface area (Å²) in [5.74, 6) is 0.0875. The second-order valence-corrected chi connectivity index (χ2v) is 7.26. The zero-order chi connectivity index (χ0) is 15.8. The summed E-state index contributed by atoms with van der Waals surface area (Å²) in [7, 11) is -4.22. The first-order valence-corrected chi connectivity index (χ1v) is 8.41. The van der Waals surface area contributed by atoms with Crippen molar-refractivity contribution in [1.29, 1.82) is 0 Å². The number of halogens is 4. The van der Waals surface area contributed by atoms with Crippen molar-refractivity contribution in [3.8, 4) is 0 Å². The number of nitrogens with zero attached hydrogens (tertiary/aromatic N) is 1. The van der Waals surface area contributed by atoms with Crippen molar-refractivity contribution in [2.75, 3.05) is 12.4 Å². The van der Waals surface area contributed by atoms with Crippen LogP contribution in [0.3, 0.4) is 0 Å². The predicted octanol–water partition coefficient (Wildman–Crippen LogP) is 3.34. The lowest BCUT2D eigenvalue weighted by atomic mass is 10.1. The van der Waals surface area contributed by atoms with E-state index in [1.807, 2.05) is 6.92 Å². The van der Waals surface area contributed by atoms with Crippen LogP contribution in [-0.2, 0) is 16.2 Å². The highest BCUT2D eigenvalue weighted by Gasteiger charge is 2.43. The fraction of sp³-hybridized carbons (Fsp3) is 0.538. The molecule has 21 heavy (non-hydrogen) atoms. The van der Waals surface area contributed by atoms with Crippen LogP contribution in [0.15, 0.2) is 29.2 Å². The van der Waals surface area contributed by atoms with Crippen LogP contribution in [0, 0.1) is 5.92 Å². The summed E-state index contributed by atoms with van der Waals surface area (Å²) in [4.78, 5) is -0.707. The molecule has 0 amide bonds. The lowest BCUT2D eigenvalue weighted by Crippen LogP contribution is -2.39. The molecular formula is C13H15ClF3NO2S. The molecule has 1 aromatic carbocycles. The van der Waals surface area contributed by atoms with Gasteiger partial charge in [0.15, 0.2) is 0 Å². The Bertz CT molecular complexity index is 618. The maximum absolute atomic E-state index is 13.0. The van der Waals surface area contributed by atoms with Crippen molar-refractivity contribution in [3.05, 3.63) is 29.8 Å². The molecule has 2 rings (SSSR count). The predicted molar refractivity (Wildman–Crippen MR) is 73.6 cm³/mol. The molecule has 0 radical (unpaired) electrons. The smallest absolute Gasteiger partial charge is 0.207 e. The van der Waals surface area contributed by atoms with Gasteiger partial charge in [-0.05, 0) is 24.5 Å². The van der Waals surface area contributed by atoms with Gasteiger partial charge in [0, 0.05) is 18.5 Å². The highest BCUT2D eigenvalue weighted by molar-refractivity contribution is 7.89. The first-order chi connectivity index (χ1) is 9.69. The average Bonchev–Trinajstić information content (AvgIpc) is 2.79. The lowest BCUT2D eigenvalue weighted by molar-refractivity contribution is -0.139. The van der Waals surface area contributed by atoms with Crippen molar-refractivity contribution in [2.45, 2.75) is 30.5 Å². The summed E-state index contributed by atoms with van der Waals surface area (Å²) in [6.07, 6.45) is -4.13. The van der Waals surface area contributed by atoms with Gasteiger partial charge in [-0.3, -0.25) is 0 Å². The van der Waals surface area contributed by atoms with Crippen molar-refractivity contribution < 1.29 is 21.6 Å². The van der Waals surface area contributed by atoms with Gasteiger partial charge in [-0.25, -0.2) is 8.42 Å². The van der Waals surface area contributed by atoms with Crippen LogP contribution in [0.1, 0.15) is 18.9 Å². The van der Waals surface area contributed by atoms with E-state index in [0.717, 1.165) is 16.4 Å². The third kappa shape index (κ3) is 3.05. The quantitative estimate of drug-likeness (QED) is 0.791. The Labute approximate surface area is 126 Å². The van der Waals surface area contributed by atoms with Gasteiger partial charge in [-0.15, -0.1) is 11.6 Å². The molecule has 8 heteroatoms. The van der Waals surface area contributed by atoms with Gasteiger partial charge in [0.25, 0.3) is 0 Å². The van der Waals surface area contributed by atoms with Crippen LogP contribution in [-0.4, -0.2) is 31.2 Å². The molecule has 0 bridgehead atoms. The first-order valence-electron chi connectivity index (χ1n) is 6.43. The van der Waals surface area contributed by atoms with E-state index in [1.54, 1.807) is 0 Å². The number of hydrogen-bond donors (Lipinski definition) is 0. The summed E-state index contributed by atoms with van der Waals surface area (Å²) in [5, 5.41) is 0. The van der Waals surface area contributed by atoms with Gasteiger partial charge >= 0.3 is 6.18 Å². The molecule has 118 valence electrons. The van der Waals surface area contributed by atoms with E-state index in [0.29, 0.717) is 6.42 Å². The standard InChI is InChI=1S/C13H15ClF3NO2S/c1-9-6-7-18(11(9)8-14)21(19,20)12-5-3-2-4-10(12)13(15,16)17/h2-5,9,11H,6-8H2,1H3. The Morgan fingerprint density at radius 3 is 2.52 bits per heavy atom. The Morgan fingerprint density at radius 2 is 1.95 bits per heavy atom. The zero-order valence-electron chi connectivity index (χ0n) is 11.3. The van der Waals surface area contributed by atoms with E-state index < -0.39 is 32.7 Å². The van der Waals surface area contributed by atoms with E-state index in [4.69, 9.17) is 11.6 Å². The molecule has 3 nitrogen and oxygen atoms in total. The number of hydrogen-bond acceptors (Lipinski definition) is 2. The minimum Gasteiger partial charge on any atom is -0.207 e. The SMILES string of the molecule is CC1CCN(S(=O)(=O)c2ccccc2C(F)(F)F)C1CCl. The molecule has 0 aliphatic carbocycles. The molecule has 1 fully saturated rings. The van der Waals surface area contributed by atoms with E-state index in [2.05, 4.69) is 0 Å². The number of sulfonamides is 1. The highest BCUT2D eigenvalue weighted by Crippen LogP contribution is 2.37. The van der Waals surface area contributed by atoms with Gasteiger partial charge in [-0.2, -0.15) is 17.5 Å². The molecule has 0 N–H and O–H groups in total. The minimum atomic E-state index is -4.72. The second kappa shape index (κ2) is 5.78. The molecule has 1 aromatic rings. The molecule has 1 aliphatic heterocycles. The maximum Gasteiger partial charge on any atom is 0.417 e. The van der Waals surface area contributed by atoms with Crippen molar-refractivity contribution >= 4 is 21.6 Å². The summed E-state index contributed by atoms with van der Waals surface area (Å²) in [5.41, 5.74) is -1.14.